The van der Waals surface area contributed by atoms with Gasteiger partial charge in [0, 0.05) is 25.6 Å². The van der Waals surface area contributed by atoms with Crippen molar-refractivity contribution in [3.8, 4) is 11.3 Å². The van der Waals surface area contributed by atoms with E-state index in [9.17, 15) is 8.42 Å². The van der Waals surface area contributed by atoms with Gasteiger partial charge < -0.3 is 9.32 Å². The molecule has 0 atom stereocenters. The number of oxazole rings is 1. The molecule has 0 unspecified atom stereocenters. The summed E-state index contributed by atoms with van der Waals surface area (Å²) >= 11 is 0. The molecular formula is C18H25N3O3S. The first-order valence-electron chi connectivity index (χ1n) is 8.68. The topological polar surface area (TPSA) is 75.4 Å². The van der Waals surface area contributed by atoms with Crippen molar-refractivity contribution in [1.82, 2.24) is 14.6 Å². The Morgan fingerprint density at radius 3 is 2.52 bits per heavy atom. The van der Waals surface area contributed by atoms with Crippen LogP contribution in [0.1, 0.15) is 25.7 Å². The molecule has 1 aromatic carbocycles. The van der Waals surface area contributed by atoms with Gasteiger partial charge in [-0.1, -0.05) is 19.1 Å². The van der Waals surface area contributed by atoms with E-state index in [1.807, 2.05) is 0 Å². The van der Waals surface area contributed by atoms with Gasteiger partial charge in [0.15, 0.2) is 5.89 Å². The van der Waals surface area contributed by atoms with Gasteiger partial charge in [-0.25, -0.2) is 18.1 Å². The maximum Gasteiger partial charge on any atom is 0.240 e. The third kappa shape index (κ3) is 4.68. The Balaban J connectivity index is 1.56. The minimum absolute atomic E-state index is 0.267. The average Bonchev–Trinajstić information content (AvgIpc) is 3.03. The van der Waals surface area contributed by atoms with Gasteiger partial charge in [-0.05, 0) is 44.0 Å². The van der Waals surface area contributed by atoms with Gasteiger partial charge in [-0.15, -0.1) is 0 Å². The highest BCUT2D eigenvalue weighted by molar-refractivity contribution is 7.89. The SMILES string of the molecule is Cc1nc(-c2ccc(S(=O)(=O)NCCN3CCC(C)CC3)cc2)co1. The zero-order chi connectivity index (χ0) is 17.9. The Morgan fingerprint density at radius 2 is 1.92 bits per heavy atom. The molecule has 0 saturated carbocycles. The molecule has 1 aromatic heterocycles. The Kier molecular flexibility index (Phi) is 5.56. The molecule has 2 aromatic rings. The number of aromatic nitrogens is 1. The monoisotopic (exact) mass is 363 g/mol. The lowest BCUT2D eigenvalue weighted by molar-refractivity contribution is 0.195. The number of piperidine rings is 1. The van der Waals surface area contributed by atoms with Crippen LogP contribution in [0.2, 0.25) is 0 Å². The Labute approximate surface area is 149 Å². The van der Waals surface area contributed by atoms with Crippen LogP contribution >= 0.6 is 0 Å². The maximum atomic E-state index is 12.4. The summed E-state index contributed by atoms with van der Waals surface area (Å²) in [6.45, 7) is 7.33. The molecule has 0 aliphatic carbocycles. The second-order valence-electron chi connectivity index (χ2n) is 6.70. The number of hydrogen-bond acceptors (Lipinski definition) is 5. The molecule has 1 aliphatic rings. The Bertz CT molecular complexity index is 791. The van der Waals surface area contributed by atoms with E-state index in [1.165, 1.54) is 12.8 Å². The van der Waals surface area contributed by atoms with Gasteiger partial charge in [0.05, 0.1) is 4.90 Å². The highest BCUT2D eigenvalue weighted by atomic mass is 32.2. The van der Waals surface area contributed by atoms with E-state index in [0.717, 1.165) is 31.1 Å². The summed E-state index contributed by atoms with van der Waals surface area (Å²) in [6, 6.07) is 6.70. The van der Waals surface area contributed by atoms with E-state index in [2.05, 4.69) is 21.5 Å². The van der Waals surface area contributed by atoms with Crippen LogP contribution in [0.5, 0.6) is 0 Å². The van der Waals surface area contributed by atoms with Crippen LogP contribution in [0.4, 0.5) is 0 Å². The van der Waals surface area contributed by atoms with Gasteiger partial charge in [0.1, 0.15) is 12.0 Å². The number of rotatable bonds is 6. The number of hydrogen-bond donors (Lipinski definition) is 1. The molecule has 1 fully saturated rings. The van der Waals surface area contributed by atoms with Crippen molar-refractivity contribution in [3.05, 3.63) is 36.4 Å². The molecule has 0 amide bonds. The predicted molar refractivity (Wildman–Crippen MR) is 96.7 cm³/mol. The highest BCUT2D eigenvalue weighted by Crippen LogP contribution is 2.20. The Morgan fingerprint density at radius 1 is 1.24 bits per heavy atom. The minimum atomic E-state index is -3.49. The van der Waals surface area contributed by atoms with Crippen molar-refractivity contribution in [2.24, 2.45) is 5.92 Å². The molecule has 2 heterocycles. The minimum Gasteiger partial charge on any atom is -0.449 e. The molecule has 1 N–H and O–H groups in total. The summed E-state index contributed by atoms with van der Waals surface area (Å²) < 4.78 is 32.7. The van der Waals surface area contributed by atoms with Crippen LogP contribution in [0, 0.1) is 12.8 Å². The summed E-state index contributed by atoms with van der Waals surface area (Å²) in [4.78, 5) is 6.83. The third-order valence-electron chi connectivity index (χ3n) is 4.68. The van der Waals surface area contributed by atoms with Crippen LogP contribution in [0.25, 0.3) is 11.3 Å². The van der Waals surface area contributed by atoms with Crippen LogP contribution in [-0.4, -0.2) is 44.5 Å². The van der Waals surface area contributed by atoms with Crippen molar-refractivity contribution < 1.29 is 12.8 Å². The van der Waals surface area contributed by atoms with E-state index in [1.54, 1.807) is 37.5 Å². The molecule has 136 valence electrons. The number of nitrogens with zero attached hydrogens (tertiary/aromatic N) is 2. The van der Waals surface area contributed by atoms with Crippen LogP contribution in [0.15, 0.2) is 39.8 Å². The molecule has 1 aliphatic heterocycles. The number of sulfonamides is 1. The molecule has 0 radical (unpaired) electrons. The zero-order valence-electron chi connectivity index (χ0n) is 14.7. The first-order valence-corrected chi connectivity index (χ1v) is 10.2. The smallest absolute Gasteiger partial charge is 0.240 e. The molecule has 7 heteroatoms. The van der Waals surface area contributed by atoms with Crippen LogP contribution in [-0.2, 0) is 10.0 Å². The number of benzene rings is 1. The first-order chi connectivity index (χ1) is 11.9. The first kappa shape index (κ1) is 18.1. The lowest BCUT2D eigenvalue weighted by Gasteiger charge is -2.30. The van der Waals surface area contributed by atoms with E-state index in [-0.39, 0.29) is 4.90 Å². The standard InChI is InChI=1S/C18H25N3O3S/c1-14-7-10-21(11-8-14)12-9-19-25(22,23)17-5-3-16(4-6-17)18-13-24-15(2)20-18/h3-6,13-14,19H,7-12H2,1-2H3. The van der Waals surface area contributed by atoms with Crippen LogP contribution in [0.3, 0.4) is 0 Å². The van der Waals surface area contributed by atoms with Gasteiger partial charge in [0.2, 0.25) is 10.0 Å². The van der Waals surface area contributed by atoms with Crippen LogP contribution < -0.4 is 4.72 Å². The van der Waals surface area contributed by atoms with Crippen molar-refractivity contribution in [1.29, 1.82) is 0 Å². The largest absolute Gasteiger partial charge is 0.449 e. The fraction of sp³-hybridized carbons (Fsp3) is 0.500. The quantitative estimate of drug-likeness (QED) is 0.854. The van der Waals surface area contributed by atoms with E-state index < -0.39 is 10.0 Å². The fourth-order valence-corrected chi connectivity index (χ4v) is 4.03. The zero-order valence-corrected chi connectivity index (χ0v) is 15.6. The third-order valence-corrected chi connectivity index (χ3v) is 6.15. The maximum absolute atomic E-state index is 12.4. The van der Waals surface area contributed by atoms with Crippen molar-refractivity contribution in [3.63, 3.8) is 0 Å². The van der Waals surface area contributed by atoms with Gasteiger partial charge >= 0.3 is 0 Å². The summed E-state index contributed by atoms with van der Waals surface area (Å²) in [6.07, 6.45) is 3.95. The van der Waals surface area contributed by atoms with Crippen molar-refractivity contribution in [2.45, 2.75) is 31.6 Å². The molecule has 3 rings (SSSR count). The predicted octanol–water partition coefficient (Wildman–Crippen LogP) is 2.66. The molecule has 1 saturated heterocycles. The highest BCUT2D eigenvalue weighted by Gasteiger charge is 2.17. The summed E-state index contributed by atoms with van der Waals surface area (Å²) in [5.41, 5.74) is 1.53. The second-order valence-corrected chi connectivity index (χ2v) is 8.47. The van der Waals surface area contributed by atoms with Gasteiger partial charge in [-0.3, -0.25) is 0 Å². The molecule has 0 bridgehead atoms. The summed E-state index contributed by atoms with van der Waals surface area (Å²) in [5.74, 6) is 1.36. The van der Waals surface area contributed by atoms with Gasteiger partial charge in [-0.2, -0.15) is 0 Å². The summed E-state index contributed by atoms with van der Waals surface area (Å²) in [5, 5.41) is 0. The number of aryl methyl sites for hydroxylation is 1. The number of nitrogens with one attached hydrogen (secondary N) is 1. The molecule has 0 spiro atoms. The van der Waals surface area contributed by atoms with E-state index >= 15 is 0 Å². The van der Waals surface area contributed by atoms with Gasteiger partial charge in [0.25, 0.3) is 0 Å². The average molecular weight is 363 g/mol. The van der Waals surface area contributed by atoms with E-state index in [0.29, 0.717) is 18.1 Å². The van der Waals surface area contributed by atoms with Crippen molar-refractivity contribution >= 4 is 10.0 Å². The lowest BCUT2D eigenvalue weighted by Crippen LogP contribution is -2.39. The Hall–Kier alpha value is -1.70. The second kappa shape index (κ2) is 7.68. The molecular weight excluding hydrogens is 338 g/mol. The normalized spacial score (nSPS) is 17.0. The number of likely N-dealkylation sites (tertiary alicyclic amines) is 1. The molecule has 25 heavy (non-hydrogen) atoms. The van der Waals surface area contributed by atoms with Crippen molar-refractivity contribution in [2.75, 3.05) is 26.2 Å². The molecule has 6 nitrogen and oxygen atoms in total. The fourth-order valence-electron chi connectivity index (χ4n) is 3.01. The lowest BCUT2D eigenvalue weighted by atomic mass is 9.99. The summed E-state index contributed by atoms with van der Waals surface area (Å²) in [7, 11) is -3.49. The van der Waals surface area contributed by atoms with E-state index in [4.69, 9.17) is 4.42 Å².